The van der Waals surface area contributed by atoms with Crippen LogP contribution in [0.4, 0.5) is 0 Å². The van der Waals surface area contributed by atoms with E-state index in [1.807, 2.05) is 24.0 Å². The van der Waals surface area contributed by atoms with Crippen molar-refractivity contribution in [2.24, 2.45) is 0 Å². The van der Waals surface area contributed by atoms with Crippen molar-refractivity contribution in [1.29, 1.82) is 0 Å². The molecule has 1 aliphatic heterocycles. The number of nitrogens with one attached hydrogen (secondary N) is 1. The van der Waals surface area contributed by atoms with Crippen LogP contribution >= 0.6 is 11.6 Å². The second kappa shape index (κ2) is 4.85. The first-order valence-electron chi connectivity index (χ1n) is 5.44. The van der Waals surface area contributed by atoms with Gasteiger partial charge in [0.25, 0.3) is 5.91 Å². The minimum atomic E-state index is 0.0847. The third kappa shape index (κ3) is 2.36. The van der Waals surface area contributed by atoms with Gasteiger partial charge in [-0.2, -0.15) is 0 Å². The minimum absolute atomic E-state index is 0.0847. The van der Waals surface area contributed by atoms with Crippen LogP contribution in [0.15, 0.2) is 18.2 Å². The lowest BCUT2D eigenvalue weighted by Gasteiger charge is -2.28. The van der Waals surface area contributed by atoms with Crippen molar-refractivity contribution in [3.8, 4) is 0 Å². The van der Waals surface area contributed by atoms with E-state index in [-0.39, 0.29) is 5.91 Å². The fraction of sp³-hybridized carbons (Fsp3) is 0.417. The zero-order valence-electron chi connectivity index (χ0n) is 9.29. The van der Waals surface area contributed by atoms with Crippen molar-refractivity contribution in [1.82, 2.24) is 10.2 Å². The molecule has 0 saturated carbocycles. The average molecular weight is 239 g/mol. The summed E-state index contributed by atoms with van der Waals surface area (Å²) >= 11 is 5.92. The summed E-state index contributed by atoms with van der Waals surface area (Å²) in [5.41, 5.74) is 1.70. The molecule has 1 saturated heterocycles. The van der Waals surface area contributed by atoms with Gasteiger partial charge in [-0.25, -0.2) is 0 Å². The van der Waals surface area contributed by atoms with Gasteiger partial charge in [0.1, 0.15) is 0 Å². The van der Waals surface area contributed by atoms with E-state index in [0.29, 0.717) is 5.02 Å². The van der Waals surface area contributed by atoms with Crippen molar-refractivity contribution in [3.05, 3.63) is 34.3 Å². The molecule has 4 heteroatoms. The molecule has 1 aromatic rings. The van der Waals surface area contributed by atoms with Gasteiger partial charge in [-0.05, 0) is 24.6 Å². The Kier molecular flexibility index (Phi) is 3.46. The Labute approximate surface area is 100 Å². The zero-order chi connectivity index (χ0) is 11.5. The lowest BCUT2D eigenvalue weighted by atomic mass is 10.1. The fourth-order valence-electron chi connectivity index (χ4n) is 1.86. The molecule has 1 N–H and O–H groups in total. The van der Waals surface area contributed by atoms with Crippen molar-refractivity contribution >= 4 is 17.5 Å². The quantitative estimate of drug-likeness (QED) is 0.808. The number of hydrogen-bond donors (Lipinski definition) is 1. The summed E-state index contributed by atoms with van der Waals surface area (Å²) in [6.45, 7) is 5.21. The van der Waals surface area contributed by atoms with Gasteiger partial charge in [0.05, 0.1) is 0 Å². The molecular weight excluding hydrogens is 224 g/mol. The average Bonchev–Trinajstić information content (AvgIpc) is 2.32. The van der Waals surface area contributed by atoms with Gasteiger partial charge in [-0.1, -0.05) is 17.7 Å². The van der Waals surface area contributed by atoms with Gasteiger partial charge in [0, 0.05) is 36.8 Å². The van der Waals surface area contributed by atoms with Crippen LogP contribution in [-0.4, -0.2) is 37.0 Å². The third-order valence-electron chi connectivity index (χ3n) is 2.83. The monoisotopic (exact) mass is 238 g/mol. The first-order valence-corrected chi connectivity index (χ1v) is 5.82. The number of carbonyl (C=O) groups excluding carboxylic acids is 1. The standard InChI is InChI=1S/C12H15ClN2O/c1-9-2-3-10(13)8-11(9)12(16)15-6-4-14-5-7-15/h2-3,8,14H,4-7H2,1H3. The van der Waals surface area contributed by atoms with Gasteiger partial charge in [-0.3, -0.25) is 4.79 Å². The molecule has 3 nitrogen and oxygen atoms in total. The maximum Gasteiger partial charge on any atom is 0.254 e. The Morgan fingerprint density at radius 1 is 1.38 bits per heavy atom. The second-order valence-corrected chi connectivity index (χ2v) is 4.44. The Balaban J connectivity index is 2.22. The highest BCUT2D eigenvalue weighted by molar-refractivity contribution is 6.31. The molecule has 1 aromatic carbocycles. The maximum atomic E-state index is 12.2. The van der Waals surface area contributed by atoms with Crippen LogP contribution in [0.25, 0.3) is 0 Å². The molecule has 1 fully saturated rings. The van der Waals surface area contributed by atoms with Crippen LogP contribution in [0.1, 0.15) is 15.9 Å². The highest BCUT2D eigenvalue weighted by Gasteiger charge is 2.19. The van der Waals surface area contributed by atoms with Gasteiger partial charge >= 0.3 is 0 Å². The number of carbonyl (C=O) groups is 1. The molecule has 16 heavy (non-hydrogen) atoms. The number of hydrogen-bond acceptors (Lipinski definition) is 2. The highest BCUT2D eigenvalue weighted by atomic mass is 35.5. The molecule has 1 heterocycles. The SMILES string of the molecule is Cc1ccc(Cl)cc1C(=O)N1CCNCC1. The maximum absolute atomic E-state index is 12.2. The molecule has 0 spiro atoms. The van der Waals surface area contributed by atoms with Crippen LogP contribution in [0.5, 0.6) is 0 Å². The van der Waals surface area contributed by atoms with Crippen molar-refractivity contribution in [3.63, 3.8) is 0 Å². The van der Waals surface area contributed by atoms with Crippen LogP contribution in [0, 0.1) is 6.92 Å². The Hall–Kier alpha value is -1.06. The molecule has 2 rings (SSSR count). The van der Waals surface area contributed by atoms with Gasteiger partial charge in [0.2, 0.25) is 0 Å². The summed E-state index contributed by atoms with van der Waals surface area (Å²) in [5.74, 6) is 0.0847. The largest absolute Gasteiger partial charge is 0.336 e. The third-order valence-corrected chi connectivity index (χ3v) is 3.07. The predicted octanol–water partition coefficient (Wildman–Crippen LogP) is 1.69. The topological polar surface area (TPSA) is 32.3 Å². The van der Waals surface area contributed by atoms with Crippen molar-refractivity contribution in [2.75, 3.05) is 26.2 Å². The Morgan fingerprint density at radius 2 is 2.06 bits per heavy atom. The molecule has 0 aliphatic carbocycles. The number of amides is 1. The van der Waals surface area contributed by atoms with Gasteiger partial charge in [0.15, 0.2) is 0 Å². The van der Waals surface area contributed by atoms with Gasteiger partial charge in [-0.15, -0.1) is 0 Å². The van der Waals surface area contributed by atoms with Crippen molar-refractivity contribution < 1.29 is 4.79 Å². The van der Waals surface area contributed by atoms with Crippen LogP contribution in [-0.2, 0) is 0 Å². The van der Waals surface area contributed by atoms with Crippen LogP contribution in [0.2, 0.25) is 5.02 Å². The summed E-state index contributed by atoms with van der Waals surface area (Å²) in [6, 6.07) is 5.45. The van der Waals surface area contributed by atoms with E-state index >= 15 is 0 Å². The highest BCUT2D eigenvalue weighted by Crippen LogP contribution is 2.17. The molecule has 1 aliphatic rings. The lowest BCUT2D eigenvalue weighted by Crippen LogP contribution is -2.46. The van der Waals surface area contributed by atoms with Gasteiger partial charge < -0.3 is 10.2 Å². The van der Waals surface area contributed by atoms with E-state index in [1.54, 1.807) is 6.07 Å². The van der Waals surface area contributed by atoms with E-state index in [9.17, 15) is 4.79 Å². The van der Waals surface area contributed by atoms with Crippen LogP contribution in [0.3, 0.4) is 0 Å². The van der Waals surface area contributed by atoms with E-state index in [2.05, 4.69) is 5.32 Å². The molecule has 0 unspecified atom stereocenters. The molecule has 0 atom stereocenters. The number of halogens is 1. The predicted molar refractivity (Wildman–Crippen MR) is 65.0 cm³/mol. The summed E-state index contributed by atoms with van der Waals surface area (Å²) in [6.07, 6.45) is 0. The molecular formula is C12H15ClN2O. The summed E-state index contributed by atoms with van der Waals surface area (Å²) in [7, 11) is 0. The smallest absolute Gasteiger partial charge is 0.254 e. The van der Waals surface area contributed by atoms with E-state index in [0.717, 1.165) is 37.3 Å². The number of rotatable bonds is 1. The minimum Gasteiger partial charge on any atom is -0.336 e. The number of aryl methyl sites for hydroxylation is 1. The summed E-state index contributed by atoms with van der Waals surface area (Å²) in [4.78, 5) is 14.1. The summed E-state index contributed by atoms with van der Waals surface area (Å²) < 4.78 is 0. The number of piperazine rings is 1. The Morgan fingerprint density at radius 3 is 2.75 bits per heavy atom. The normalized spacial score (nSPS) is 16.2. The number of benzene rings is 1. The molecule has 0 radical (unpaired) electrons. The first kappa shape index (κ1) is 11.4. The van der Waals surface area contributed by atoms with E-state index in [4.69, 9.17) is 11.6 Å². The van der Waals surface area contributed by atoms with Crippen LogP contribution < -0.4 is 5.32 Å². The van der Waals surface area contributed by atoms with E-state index < -0.39 is 0 Å². The molecule has 1 amide bonds. The molecule has 86 valence electrons. The van der Waals surface area contributed by atoms with E-state index in [1.165, 1.54) is 0 Å². The fourth-order valence-corrected chi connectivity index (χ4v) is 2.04. The summed E-state index contributed by atoms with van der Waals surface area (Å²) in [5, 5.41) is 3.84. The Bertz CT molecular complexity index is 400. The lowest BCUT2D eigenvalue weighted by molar-refractivity contribution is 0.0735. The second-order valence-electron chi connectivity index (χ2n) is 4.00. The van der Waals surface area contributed by atoms with Crippen molar-refractivity contribution in [2.45, 2.75) is 6.92 Å². The molecule has 0 aromatic heterocycles. The number of nitrogens with zero attached hydrogens (tertiary/aromatic N) is 1. The molecule has 0 bridgehead atoms. The zero-order valence-corrected chi connectivity index (χ0v) is 10.0. The first-order chi connectivity index (χ1) is 7.68.